The fraction of sp³-hybridized carbons (Fsp3) is 0.577. The number of ether oxygens (including phenoxy) is 1. The molecule has 0 amide bonds. The molecule has 1 aromatic rings. The Morgan fingerprint density at radius 2 is 1.72 bits per heavy atom. The van der Waals surface area contributed by atoms with Crippen LogP contribution in [0.15, 0.2) is 48.6 Å². The molecule has 0 fully saturated rings. The van der Waals surface area contributed by atoms with Gasteiger partial charge >= 0.3 is 5.97 Å². The van der Waals surface area contributed by atoms with Gasteiger partial charge in [-0.25, -0.2) is 0 Å². The maximum atomic E-state index is 11.4. The Morgan fingerprint density at radius 3 is 2.38 bits per heavy atom. The molecule has 2 rings (SSSR count). The summed E-state index contributed by atoms with van der Waals surface area (Å²) in [5, 5.41) is 9.36. The van der Waals surface area contributed by atoms with E-state index in [0.29, 0.717) is 12.5 Å². The highest BCUT2D eigenvalue weighted by Crippen LogP contribution is 2.37. The van der Waals surface area contributed by atoms with E-state index in [-0.39, 0.29) is 0 Å². The molecule has 1 N–H and O–H groups in total. The zero-order valence-electron chi connectivity index (χ0n) is 18.4. The number of benzene rings is 1. The number of hydrogen-bond acceptors (Lipinski definition) is 2. The van der Waals surface area contributed by atoms with E-state index >= 15 is 0 Å². The van der Waals surface area contributed by atoms with Crippen LogP contribution < -0.4 is 0 Å². The lowest BCUT2D eigenvalue weighted by atomic mass is 9.81. The molecule has 1 aromatic carbocycles. The molecule has 1 unspecified atom stereocenters. The molecule has 0 saturated heterocycles. The third-order valence-corrected chi connectivity index (χ3v) is 5.93. The van der Waals surface area contributed by atoms with Gasteiger partial charge < -0.3 is 9.84 Å². The quantitative estimate of drug-likeness (QED) is 0.298. The van der Waals surface area contributed by atoms with Crippen molar-refractivity contribution in [3.05, 3.63) is 59.7 Å². The molecular formula is C26H38O3. The fourth-order valence-electron chi connectivity index (χ4n) is 3.85. The first-order chi connectivity index (χ1) is 14.0. The molecule has 0 heterocycles. The van der Waals surface area contributed by atoms with Crippen LogP contribution in [0.1, 0.15) is 76.8 Å². The molecule has 1 aliphatic carbocycles. The van der Waals surface area contributed by atoms with E-state index in [1.54, 1.807) is 12.2 Å². The maximum absolute atomic E-state index is 11.4. The van der Waals surface area contributed by atoms with E-state index in [4.69, 9.17) is 4.74 Å². The van der Waals surface area contributed by atoms with Crippen molar-refractivity contribution in [2.45, 2.75) is 77.7 Å². The van der Waals surface area contributed by atoms with Crippen molar-refractivity contribution in [3.63, 3.8) is 0 Å². The van der Waals surface area contributed by atoms with Crippen LogP contribution in [0.2, 0.25) is 0 Å². The SMILES string of the molecule is CCCCCCCCOC1(c2ccccc2CC(C)CC)C=CC(C(=O)O)C=C1. The first-order valence-electron chi connectivity index (χ1n) is 11.4. The Kier molecular flexibility index (Phi) is 9.66. The molecule has 0 radical (unpaired) electrons. The molecule has 1 atom stereocenters. The topological polar surface area (TPSA) is 46.5 Å². The van der Waals surface area contributed by atoms with Crippen molar-refractivity contribution in [1.82, 2.24) is 0 Å². The normalized spacial score (nSPS) is 22.0. The standard InChI is InChI=1S/C26H38O3/c1-4-6-7-8-9-12-19-29-26(17-15-22(16-18-26)25(27)28)24-14-11-10-13-23(24)20-21(3)5-2/h10-11,13-18,21-22H,4-9,12,19-20H2,1-3H3,(H,27,28). The number of carboxylic acid groups (broad SMARTS) is 1. The summed E-state index contributed by atoms with van der Waals surface area (Å²) in [6, 6.07) is 8.45. The molecule has 3 nitrogen and oxygen atoms in total. The molecule has 1 aliphatic rings. The van der Waals surface area contributed by atoms with E-state index < -0.39 is 17.5 Å². The minimum absolute atomic E-state index is 0.581. The van der Waals surface area contributed by atoms with Gasteiger partial charge in [0.15, 0.2) is 0 Å². The van der Waals surface area contributed by atoms with E-state index in [0.717, 1.165) is 24.8 Å². The Bertz CT molecular complexity index is 675. The Hall–Kier alpha value is -1.87. The largest absolute Gasteiger partial charge is 0.481 e. The minimum atomic E-state index is -0.824. The van der Waals surface area contributed by atoms with Crippen molar-refractivity contribution in [3.8, 4) is 0 Å². The van der Waals surface area contributed by atoms with Crippen molar-refractivity contribution >= 4 is 5.97 Å². The van der Waals surface area contributed by atoms with Gasteiger partial charge in [0.1, 0.15) is 5.60 Å². The van der Waals surface area contributed by atoms with E-state index in [1.165, 1.54) is 37.7 Å². The van der Waals surface area contributed by atoms with E-state index in [1.807, 2.05) is 12.2 Å². The lowest BCUT2D eigenvalue weighted by Gasteiger charge is -2.33. The summed E-state index contributed by atoms with van der Waals surface area (Å²) < 4.78 is 6.48. The summed E-state index contributed by atoms with van der Waals surface area (Å²) in [5.41, 5.74) is 1.76. The zero-order valence-corrected chi connectivity index (χ0v) is 18.4. The van der Waals surface area contributed by atoms with Crippen LogP contribution in [0.25, 0.3) is 0 Å². The van der Waals surface area contributed by atoms with Crippen LogP contribution in [-0.2, 0) is 21.6 Å². The number of hydrogen-bond donors (Lipinski definition) is 1. The maximum Gasteiger partial charge on any atom is 0.314 e. The third kappa shape index (κ3) is 6.85. The summed E-state index contributed by atoms with van der Waals surface area (Å²) >= 11 is 0. The summed E-state index contributed by atoms with van der Waals surface area (Å²) in [6.07, 6.45) is 16.9. The summed E-state index contributed by atoms with van der Waals surface area (Å²) in [7, 11) is 0. The first-order valence-corrected chi connectivity index (χ1v) is 11.4. The highest BCUT2D eigenvalue weighted by atomic mass is 16.5. The predicted octanol–water partition coefficient (Wildman–Crippen LogP) is 6.67. The van der Waals surface area contributed by atoms with Crippen LogP contribution in [0.5, 0.6) is 0 Å². The molecule has 29 heavy (non-hydrogen) atoms. The second kappa shape index (κ2) is 12.0. The van der Waals surface area contributed by atoms with Crippen LogP contribution in [0, 0.1) is 11.8 Å². The number of aliphatic carboxylic acids is 1. The smallest absolute Gasteiger partial charge is 0.314 e. The van der Waals surface area contributed by atoms with Crippen LogP contribution in [-0.4, -0.2) is 17.7 Å². The average molecular weight is 399 g/mol. The Balaban J connectivity index is 2.18. The van der Waals surface area contributed by atoms with Gasteiger partial charge in [-0.15, -0.1) is 0 Å². The minimum Gasteiger partial charge on any atom is -0.481 e. The number of carboxylic acids is 1. The summed E-state index contributed by atoms with van der Waals surface area (Å²) in [6.45, 7) is 7.40. The second-order valence-corrected chi connectivity index (χ2v) is 8.37. The van der Waals surface area contributed by atoms with E-state index in [2.05, 4.69) is 45.0 Å². The molecule has 0 spiro atoms. The lowest BCUT2D eigenvalue weighted by molar-refractivity contribution is -0.138. The monoisotopic (exact) mass is 398 g/mol. The molecule has 3 heteroatoms. The lowest BCUT2D eigenvalue weighted by Crippen LogP contribution is -2.30. The van der Waals surface area contributed by atoms with Gasteiger partial charge in [0.2, 0.25) is 0 Å². The number of carbonyl (C=O) groups is 1. The van der Waals surface area contributed by atoms with Gasteiger partial charge in [0, 0.05) is 6.61 Å². The van der Waals surface area contributed by atoms with Crippen molar-refractivity contribution in [2.75, 3.05) is 6.61 Å². The number of unbranched alkanes of at least 4 members (excludes halogenated alkanes) is 5. The van der Waals surface area contributed by atoms with Gasteiger partial charge in [-0.3, -0.25) is 4.79 Å². The average Bonchev–Trinajstić information content (AvgIpc) is 2.73. The second-order valence-electron chi connectivity index (χ2n) is 8.37. The Labute approximate surface area is 176 Å². The van der Waals surface area contributed by atoms with Gasteiger partial charge in [0.05, 0.1) is 5.92 Å². The molecule has 0 saturated carbocycles. The van der Waals surface area contributed by atoms with Gasteiger partial charge in [-0.1, -0.05) is 95.7 Å². The van der Waals surface area contributed by atoms with Gasteiger partial charge in [0.25, 0.3) is 0 Å². The van der Waals surface area contributed by atoms with Crippen LogP contribution in [0.4, 0.5) is 0 Å². The number of rotatable bonds is 13. The van der Waals surface area contributed by atoms with Crippen molar-refractivity contribution < 1.29 is 14.6 Å². The molecule has 160 valence electrons. The van der Waals surface area contributed by atoms with E-state index in [9.17, 15) is 9.90 Å². The highest BCUT2D eigenvalue weighted by molar-refractivity contribution is 5.75. The highest BCUT2D eigenvalue weighted by Gasteiger charge is 2.33. The summed E-state index contributed by atoms with van der Waals surface area (Å²) in [5.74, 6) is -0.813. The zero-order chi connectivity index (χ0) is 21.1. The molecule has 0 bridgehead atoms. The third-order valence-electron chi connectivity index (χ3n) is 5.93. The summed E-state index contributed by atoms with van der Waals surface area (Å²) in [4.78, 5) is 11.4. The Morgan fingerprint density at radius 1 is 1.07 bits per heavy atom. The first kappa shape index (κ1) is 23.4. The van der Waals surface area contributed by atoms with Gasteiger partial charge in [-0.2, -0.15) is 0 Å². The molecular weight excluding hydrogens is 360 g/mol. The molecule has 0 aliphatic heterocycles. The van der Waals surface area contributed by atoms with Crippen LogP contribution in [0.3, 0.4) is 0 Å². The van der Waals surface area contributed by atoms with Crippen molar-refractivity contribution in [2.24, 2.45) is 11.8 Å². The molecule has 0 aromatic heterocycles. The van der Waals surface area contributed by atoms with Crippen molar-refractivity contribution in [1.29, 1.82) is 0 Å². The fourth-order valence-corrected chi connectivity index (χ4v) is 3.85. The van der Waals surface area contributed by atoms with Gasteiger partial charge in [-0.05, 0) is 42.0 Å². The van der Waals surface area contributed by atoms with Crippen LogP contribution >= 0.6 is 0 Å². The predicted molar refractivity (Wildman–Crippen MR) is 120 cm³/mol.